The van der Waals surface area contributed by atoms with Gasteiger partial charge < -0.3 is 9.47 Å². The maximum atomic E-state index is 12.5. The fourth-order valence-electron chi connectivity index (χ4n) is 2.17. The van der Waals surface area contributed by atoms with E-state index >= 15 is 0 Å². The van der Waals surface area contributed by atoms with Crippen LogP contribution in [0, 0.1) is 6.92 Å². The topological polar surface area (TPSA) is 55.8 Å². The molecule has 0 spiro atoms. The lowest BCUT2D eigenvalue weighted by atomic mass is 10.2. The van der Waals surface area contributed by atoms with Crippen LogP contribution >= 0.6 is 0 Å². The predicted octanol–water partition coefficient (Wildman–Crippen LogP) is 3.09. The number of rotatable bonds is 8. The van der Waals surface area contributed by atoms with Crippen molar-refractivity contribution in [2.45, 2.75) is 18.7 Å². The zero-order valence-corrected chi connectivity index (χ0v) is 15.0. The van der Waals surface area contributed by atoms with Crippen molar-refractivity contribution in [1.82, 2.24) is 4.31 Å². The summed E-state index contributed by atoms with van der Waals surface area (Å²) in [7, 11) is -1.99. The van der Waals surface area contributed by atoms with Gasteiger partial charge in [-0.1, -0.05) is 12.1 Å². The van der Waals surface area contributed by atoms with Crippen LogP contribution < -0.4 is 9.47 Å². The van der Waals surface area contributed by atoms with Crippen LogP contribution in [0.4, 0.5) is 0 Å². The van der Waals surface area contributed by atoms with Crippen molar-refractivity contribution >= 4 is 10.0 Å². The third-order valence-electron chi connectivity index (χ3n) is 3.51. The zero-order chi connectivity index (χ0) is 17.6. The summed E-state index contributed by atoms with van der Waals surface area (Å²) in [6, 6.07) is 14.1. The third-order valence-corrected chi connectivity index (χ3v) is 5.38. The minimum absolute atomic E-state index is 0.240. The van der Waals surface area contributed by atoms with E-state index in [9.17, 15) is 8.42 Å². The second kappa shape index (κ2) is 8.17. The van der Waals surface area contributed by atoms with E-state index < -0.39 is 10.0 Å². The highest BCUT2D eigenvalue weighted by Crippen LogP contribution is 2.19. The highest BCUT2D eigenvalue weighted by atomic mass is 32.2. The molecule has 24 heavy (non-hydrogen) atoms. The van der Waals surface area contributed by atoms with Crippen molar-refractivity contribution in [2.75, 3.05) is 26.8 Å². The summed E-state index contributed by atoms with van der Waals surface area (Å²) in [6.45, 7) is 4.96. The molecular formula is C18H23NO4S. The Balaban J connectivity index is 1.95. The van der Waals surface area contributed by atoms with Crippen molar-refractivity contribution in [3.05, 3.63) is 54.1 Å². The summed E-state index contributed by atoms with van der Waals surface area (Å²) < 4.78 is 37.3. The van der Waals surface area contributed by atoms with Gasteiger partial charge in [-0.15, -0.1) is 0 Å². The number of sulfonamides is 1. The van der Waals surface area contributed by atoms with Crippen LogP contribution in [0.1, 0.15) is 12.5 Å². The van der Waals surface area contributed by atoms with Crippen LogP contribution in [0.25, 0.3) is 0 Å². The van der Waals surface area contributed by atoms with Crippen molar-refractivity contribution in [1.29, 1.82) is 0 Å². The number of hydrogen-bond acceptors (Lipinski definition) is 4. The summed E-state index contributed by atoms with van der Waals surface area (Å²) in [5.41, 5.74) is 1.10. The quantitative estimate of drug-likeness (QED) is 0.735. The standard InChI is InChI=1S/C18H23NO4S/c1-4-22-16-8-10-18(11-9-16)24(20,21)19(3)12-13-23-17-7-5-6-15(2)14-17/h5-11,14H,4,12-13H2,1-3H3. The van der Waals surface area contributed by atoms with Gasteiger partial charge in [-0.3, -0.25) is 0 Å². The average molecular weight is 349 g/mol. The Morgan fingerprint density at radius 3 is 2.33 bits per heavy atom. The summed E-state index contributed by atoms with van der Waals surface area (Å²) >= 11 is 0. The molecule has 0 fully saturated rings. The number of likely N-dealkylation sites (N-methyl/N-ethyl adjacent to an activating group) is 1. The molecule has 6 heteroatoms. The maximum Gasteiger partial charge on any atom is 0.242 e. The molecule has 2 rings (SSSR count). The van der Waals surface area contributed by atoms with E-state index in [0.29, 0.717) is 12.4 Å². The van der Waals surface area contributed by atoms with Crippen molar-refractivity contribution < 1.29 is 17.9 Å². The third kappa shape index (κ3) is 4.72. The van der Waals surface area contributed by atoms with Gasteiger partial charge in [0.15, 0.2) is 0 Å². The van der Waals surface area contributed by atoms with Crippen LogP contribution in [-0.4, -0.2) is 39.5 Å². The minimum Gasteiger partial charge on any atom is -0.494 e. The molecule has 0 heterocycles. The molecule has 0 bridgehead atoms. The van der Waals surface area contributed by atoms with Crippen molar-refractivity contribution in [3.63, 3.8) is 0 Å². The molecule has 0 radical (unpaired) electrons. The lowest BCUT2D eigenvalue weighted by Gasteiger charge is -2.18. The predicted molar refractivity (Wildman–Crippen MR) is 94.1 cm³/mol. The van der Waals surface area contributed by atoms with Gasteiger partial charge in [-0.05, 0) is 55.8 Å². The number of nitrogens with zero attached hydrogens (tertiary/aromatic N) is 1. The Kier molecular flexibility index (Phi) is 6.23. The van der Waals surface area contributed by atoms with E-state index in [1.54, 1.807) is 31.3 Å². The van der Waals surface area contributed by atoms with Gasteiger partial charge in [-0.2, -0.15) is 4.31 Å². The van der Waals surface area contributed by atoms with E-state index in [0.717, 1.165) is 11.3 Å². The highest BCUT2D eigenvalue weighted by Gasteiger charge is 2.20. The molecule has 0 saturated heterocycles. The Morgan fingerprint density at radius 2 is 1.71 bits per heavy atom. The van der Waals surface area contributed by atoms with E-state index in [2.05, 4.69) is 0 Å². The number of aryl methyl sites for hydroxylation is 1. The number of hydrogen-bond donors (Lipinski definition) is 0. The normalized spacial score (nSPS) is 11.5. The number of benzene rings is 2. The molecule has 0 aliphatic heterocycles. The highest BCUT2D eigenvalue weighted by molar-refractivity contribution is 7.89. The Morgan fingerprint density at radius 1 is 1.00 bits per heavy atom. The summed E-state index contributed by atoms with van der Waals surface area (Å²) in [5, 5.41) is 0. The first-order valence-electron chi connectivity index (χ1n) is 7.82. The molecule has 0 aromatic heterocycles. The van der Waals surface area contributed by atoms with Crippen LogP contribution in [0.2, 0.25) is 0 Å². The molecule has 2 aromatic rings. The van der Waals surface area contributed by atoms with Crippen molar-refractivity contribution in [3.8, 4) is 11.5 Å². The largest absolute Gasteiger partial charge is 0.494 e. The van der Waals surface area contributed by atoms with Crippen LogP contribution in [0.15, 0.2) is 53.4 Å². The first kappa shape index (κ1) is 18.3. The van der Waals surface area contributed by atoms with Crippen LogP contribution in [0.3, 0.4) is 0 Å². The molecule has 0 aliphatic rings. The minimum atomic E-state index is -3.54. The van der Waals surface area contributed by atoms with Gasteiger partial charge in [0.25, 0.3) is 0 Å². The molecule has 130 valence electrons. The van der Waals surface area contributed by atoms with Gasteiger partial charge in [0.05, 0.1) is 11.5 Å². The SMILES string of the molecule is CCOc1ccc(S(=O)(=O)N(C)CCOc2cccc(C)c2)cc1. The molecule has 0 unspecified atom stereocenters. The molecule has 0 aliphatic carbocycles. The second-order valence-electron chi connectivity index (χ2n) is 5.40. The molecule has 0 atom stereocenters. The average Bonchev–Trinajstić information content (AvgIpc) is 2.55. The van der Waals surface area contributed by atoms with Gasteiger partial charge in [0.2, 0.25) is 10.0 Å². The molecule has 2 aromatic carbocycles. The molecular weight excluding hydrogens is 326 g/mol. The van der Waals surface area contributed by atoms with E-state index in [4.69, 9.17) is 9.47 Å². The van der Waals surface area contributed by atoms with Crippen LogP contribution in [-0.2, 0) is 10.0 Å². The fraction of sp³-hybridized carbons (Fsp3) is 0.333. The summed E-state index contributed by atoms with van der Waals surface area (Å²) in [5.74, 6) is 1.39. The first-order valence-corrected chi connectivity index (χ1v) is 9.26. The molecule has 0 saturated carbocycles. The number of ether oxygens (including phenoxy) is 2. The summed E-state index contributed by atoms with van der Waals surface area (Å²) in [6.07, 6.45) is 0. The van der Waals surface area contributed by atoms with Crippen LogP contribution in [0.5, 0.6) is 11.5 Å². The second-order valence-corrected chi connectivity index (χ2v) is 7.44. The Bertz CT molecular complexity index is 757. The zero-order valence-electron chi connectivity index (χ0n) is 14.2. The van der Waals surface area contributed by atoms with E-state index in [1.165, 1.54) is 4.31 Å². The van der Waals surface area contributed by atoms with Gasteiger partial charge >= 0.3 is 0 Å². The van der Waals surface area contributed by atoms with Crippen molar-refractivity contribution in [2.24, 2.45) is 0 Å². The Labute approximate surface area is 143 Å². The smallest absolute Gasteiger partial charge is 0.242 e. The monoisotopic (exact) mass is 349 g/mol. The molecule has 5 nitrogen and oxygen atoms in total. The summed E-state index contributed by atoms with van der Waals surface area (Å²) in [4.78, 5) is 0.240. The lowest BCUT2D eigenvalue weighted by Crippen LogP contribution is -2.31. The van der Waals surface area contributed by atoms with Gasteiger partial charge in [0, 0.05) is 13.6 Å². The molecule has 0 amide bonds. The molecule has 0 N–H and O–H groups in total. The first-order chi connectivity index (χ1) is 11.4. The van der Waals surface area contributed by atoms with E-state index in [1.807, 2.05) is 38.1 Å². The fourth-order valence-corrected chi connectivity index (χ4v) is 3.33. The van der Waals surface area contributed by atoms with E-state index in [-0.39, 0.29) is 18.0 Å². The maximum absolute atomic E-state index is 12.5. The Hall–Kier alpha value is -2.05. The van der Waals surface area contributed by atoms with Gasteiger partial charge in [0.1, 0.15) is 18.1 Å². The lowest BCUT2D eigenvalue weighted by molar-refractivity contribution is 0.286. The van der Waals surface area contributed by atoms with Gasteiger partial charge in [-0.25, -0.2) is 8.42 Å².